The average Bonchev–Trinajstić information content (AvgIpc) is 3.47. The molecule has 7 nitrogen and oxygen atoms in total. The van der Waals surface area contributed by atoms with Crippen molar-refractivity contribution in [3.05, 3.63) is 46.4 Å². The summed E-state index contributed by atoms with van der Waals surface area (Å²) in [5.41, 5.74) is 2.47. The lowest BCUT2D eigenvalue weighted by atomic mass is 10.1. The van der Waals surface area contributed by atoms with Crippen molar-refractivity contribution in [2.75, 3.05) is 11.5 Å². The summed E-state index contributed by atoms with van der Waals surface area (Å²) in [4.78, 5) is 4.44. The van der Waals surface area contributed by atoms with E-state index < -0.39 is 0 Å². The van der Waals surface area contributed by atoms with Gasteiger partial charge in [-0.3, -0.25) is 5.32 Å². The fourth-order valence-corrected chi connectivity index (χ4v) is 5.71. The van der Waals surface area contributed by atoms with Crippen LogP contribution < -0.4 is 5.32 Å². The van der Waals surface area contributed by atoms with Crippen molar-refractivity contribution in [1.82, 2.24) is 35.1 Å². The van der Waals surface area contributed by atoms with Gasteiger partial charge in [0.1, 0.15) is 6.04 Å². The number of nitrogens with zero attached hydrogens (tertiary/aromatic N) is 6. The highest BCUT2D eigenvalue weighted by molar-refractivity contribution is 7.99. The Morgan fingerprint density at radius 1 is 1.24 bits per heavy atom. The van der Waals surface area contributed by atoms with E-state index in [4.69, 9.17) is 0 Å². The third kappa shape index (κ3) is 4.73. The van der Waals surface area contributed by atoms with Crippen LogP contribution in [0.4, 0.5) is 0 Å². The number of hydrogen-bond acceptors (Lipinski definition) is 7. The Labute approximate surface area is 180 Å². The maximum absolute atomic E-state index is 4.49. The third-order valence-corrected chi connectivity index (χ3v) is 7.22. The minimum atomic E-state index is -0.0990. The lowest BCUT2D eigenvalue weighted by molar-refractivity contribution is 0.371. The summed E-state index contributed by atoms with van der Waals surface area (Å²) in [5, 5.41) is 21.1. The van der Waals surface area contributed by atoms with Gasteiger partial charge in [-0.2, -0.15) is 23.1 Å². The van der Waals surface area contributed by atoms with Crippen molar-refractivity contribution in [2.45, 2.75) is 64.2 Å². The topological polar surface area (TPSA) is 73.5 Å². The molecule has 0 aromatic carbocycles. The second-order valence-electron chi connectivity index (χ2n) is 7.98. The first-order chi connectivity index (χ1) is 14.1. The molecule has 1 unspecified atom stereocenters. The maximum Gasteiger partial charge on any atom is 0.174 e. The number of thiophene rings is 1. The Bertz CT molecular complexity index is 880. The first kappa shape index (κ1) is 20.6. The molecule has 2 atom stereocenters. The molecule has 9 heteroatoms. The van der Waals surface area contributed by atoms with Crippen molar-refractivity contribution in [1.29, 1.82) is 0 Å². The molecular formula is C20H29N7S2. The molecule has 0 amide bonds. The molecule has 0 bridgehead atoms. The van der Waals surface area contributed by atoms with E-state index in [2.05, 4.69) is 72.7 Å². The van der Waals surface area contributed by atoms with Crippen LogP contribution in [0.2, 0.25) is 0 Å². The smallest absolute Gasteiger partial charge is 0.174 e. The van der Waals surface area contributed by atoms with E-state index in [9.17, 15) is 0 Å². The average molecular weight is 432 g/mol. The predicted molar refractivity (Wildman–Crippen MR) is 118 cm³/mol. The van der Waals surface area contributed by atoms with Crippen LogP contribution in [-0.2, 0) is 6.42 Å². The Morgan fingerprint density at radius 3 is 2.79 bits per heavy atom. The van der Waals surface area contributed by atoms with Crippen molar-refractivity contribution in [3.8, 4) is 0 Å². The molecule has 4 rings (SSSR count). The predicted octanol–water partition coefficient (Wildman–Crippen LogP) is 3.89. The summed E-state index contributed by atoms with van der Waals surface area (Å²) in [6.07, 6.45) is 7.05. The molecule has 1 aliphatic rings. The van der Waals surface area contributed by atoms with E-state index in [1.54, 1.807) is 11.3 Å². The number of imidazole rings is 1. The van der Waals surface area contributed by atoms with Crippen molar-refractivity contribution < 1.29 is 0 Å². The Hall–Kier alpha value is -1.71. The normalized spacial score (nSPS) is 17.7. The van der Waals surface area contributed by atoms with Gasteiger partial charge in [0.2, 0.25) is 0 Å². The fraction of sp³-hybridized carbons (Fsp3) is 0.600. The second-order valence-corrected chi connectivity index (χ2v) is 9.99. The number of hydrogen-bond donors (Lipinski definition) is 1. The van der Waals surface area contributed by atoms with E-state index in [0.717, 1.165) is 30.8 Å². The molecule has 1 saturated heterocycles. The molecule has 156 valence electrons. The van der Waals surface area contributed by atoms with Gasteiger partial charge in [-0.25, -0.2) is 9.67 Å². The highest BCUT2D eigenvalue weighted by atomic mass is 32.2. The van der Waals surface area contributed by atoms with Gasteiger partial charge >= 0.3 is 0 Å². The number of aromatic nitrogens is 6. The van der Waals surface area contributed by atoms with Crippen LogP contribution in [0.15, 0.2) is 29.4 Å². The van der Waals surface area contributed by atoms with Crippen molar-refractivity contribution >= 4 is 23.1 Å². The standard InChI is InChI=1S/C20H29N7S2/c1-14(2)26-13-21-11-18(26)19(22-15(3)10-16-4-7-29-12-16)20-23-24-25-27(20)17-5-8-28-9-6-17/h4,7,11-15,17,19,22H,5-6,8-10H2,1-3H3/t15-,19?/m0/s1. The third-order valence-electron chi connectivity index (χ3n) is 5.43. The fourth-order valence-electron chi connectivity index (χ4n) is 3.95. The molecular weight excluding hydrogens is 402 g/mol. The minimum absolute atomic E-state index is 0.0990. The lowest BCUT2D eigenvalue weighted by Crippen LogP contribution is -2.36. The van der Waals surface area contributed by atoms with Crippen LogP contribution in [0.5, 0.6) is 0 Å². The zero-order valence-corrected chi connectivity index (χ0v) is 18.9. The number of rotatable bonds is 8. The van der Waals surface area contributed by atoms with Crippen LogP contribution in [0.3, 0.4) is 0 Å². The maximum atomic E-state index is 4.49. The Kier molecular flexibility index (Phi) is 6.67. The van der Waals surface area contributed by atoms with Gasteiger partial charge in [0.15, 0.2) is 5.82 Å². The molecule has 0 aliphatic carbocycles. The van der Waals surface area contributed by atoms with E-state index in [-0.39, 0.29) is 12.1 Å². The SMILES string of the molecule is CC(C)n1cncc1C(N[C@@H](C)Cc1ccsc1)c1nnnn1C1CCSCC1. The molecule has 1 N–H and O–H groups in total. The van der Waals surface area contributed by atoms with Crippen molar-refractivity contribution in [3.63, 3.8) is 0 Å². The summed E-state index contributed by atoms with van der Waals surface area (Å²) in [5.74, 6) is 3.22. The minimum Gasteiger partial charge on any atom is -0.330 e. The van der Waals surface area contributed by atoms with Gasteiger partial charge < -0.3 is 4.57 Å². The lowest BCUT2D eigenvalue weighted by Gasteiger charge is -2.28. The number of thioether (sulfide) groups is 1. The van der Waals surface area contributed by atoms with Crippen LogP contribution in [0.1, 0.15) is 68.8 Å². The Morgan fingerprint density at radius 2 is 2.07 bits per heavy atom. The highest BCUT2D eigenvalue weighted by Crippen LogP contribution is 2.30. The van der Waals surface area contributed by atoms with Gasteiger partial charge in [0.25, 0.3) is 0 Å². The molecule has 4 heterocycles. The summed E-state index contributed by atoms with van der Waals surface area (Å²) in [6, 6.07) is 3.06. The largest absolute Gasteiger partial charge is 0.330 e. The van der Waals surface area contributed by atoms with Gasteiger partial charge in [0.05, 0.1) is 24.3 Å². The van der Waals surface area contributed by atoms with Gasteiger partial charge in [-0.05, 0) is 84.4 Å². The van der Waals surface area contributed by atoms with E-state index in [0.29, 0.717) is 12.1 Å². The van der Waals surface area contributed by atoms with E-state index >= 15 is 0 Å². The highest BCUT2D eigenvalue weighted by Gasteiger charge is 2.30. The first-order valence-electron chi connectivity index (χ1n) is 10.3. The molecule has 0 saturated carbocycles. The van der Waals surface area contributed by atoms with Crippen LogP contribution >= 0.6 is 23.1 Å². The number of nitrogens with one attached hydrogen (secondary N) is 1. The zero-order valence-electron chi connectivity index (χ0n) is 17.2. The van der Waals surface area contributed by atoms with Crippen LogP contribution in [0.25, 0.3) is 0 Å². The van der Waals surface area contributed by atoms with E-state index in [1.165, 1.54) is 17.1 Å². The van der Waals surface area contributed by atoms with E-state index in [1.807, 2.05) is 24.3 Å². The summed E-state index contributed by atoms with van der Waals surface area (Å²) < 4.78 is 4.27. The molecule has 29 heavy (non-hydrogen) atoms. The molecule has 3 aromatic rings. The first-order valence-corrected chi connectivity index (χ1v) is 12.4. The summed E-state index contributed by atoms with van der Waals surface area (Å²) in [7, 11) is 0. The second kappa shape index (κ2) is 9.40. The molecule has 1 fully saturated rings. The molecule has 3 aromatic heterocycles. The summed E-state index contributed by atoms with van der Waals surface area (Å²) in [6.45, 7) is 6.59. The molecule has 0 spiro atoms. The quantitative estimate of drug-likeness (QED) is 0.583. The number of tetrazole rings is 1. The van der Waals surface area contributed by atoms with Gasteiger partial charge in [-0.1, -0.05) is 0 Å². The van der Waals surface area contributed by atoms with Crippen LogP contribution in [-0.4, -0.2) is 47.3 Å². The summed E-state index contributed by atoms with van der Waals surface area (Å²) >= 11 is 3.76. The molecule has 0 radical (unpaired) electrons. The molecule has 1 aliphatic heterocycles. The van der Waals surface area contributed by atoms with Gasteiger partial charge in [-0.15, -0.1) is 5.10 Å². The van der Waals surface area contributed by atoms with Crippen molar-refractivity contribution in [2.24, 2.45) is 0 Å². The van der Waals surface area contributed by atoms with Gasteiger partial charge in [0, 0.05) is 12.1 Å². The zero-order chi connectivity index (χ0) is 20.2. The monoisotopic (exact) mass is 431 g/mol. The Balaban J connectivity index is 1.65. The van der Waals surface area contributed by atoms with Crippen LogP contribution in [0, 0.1) is 0 Å².